The quantitative estimate of drug-likeness (QED) is 0.818. The molecule has 0 spiro atoms. The highest BCUT2D eigenvalue weighted by Crippen LogP contribution is 2.12. The summed E-state index contributed by atoms with van der Waals surface area (Å²) in [5.74, 6) is -0.217. The van der Waals surface area contributed by atoms with Crippen molar-refractivity contribution in [2.75, 3.05) is 0 Å². The maximum Gasteiger partial charge on any atom is 0.242 e. The molecule has 0 unspecified atom stereocenters. The van der Waals surface area contributed by atoms with E-state index in [1.165, 1.54) is 0 Å². The van der Waals surface area contributed by atoms with Gasteiger partial charge >= 0.3 is 0 Å². The predicted molar refractivity (Wildman–Crippen MR) is 100 cm³/mol. The molecule has 0 aromatic heterocycles. The Morgan fingerprint density at radius 1 is 1.04 bits per heavy atom. The van der Waals surface area contributed by atoms with Gasteiger partial charge in [0.05, 0.1) is 0 Å². The van der Waals surface area contributed by atoms with Crippen LogP contribution in [0.4, 0.5) is 0 Å². The zero-order valence-corrected chi connectivity index (χ0v) is 15.3. The Morgan fingerprint density at radius 2 is 1.68 bits per heavy atom. The van der Waals surface area contributed by atoms with Crippen LogP contribution in [0, 0.1) is 0 Å². The van der Waals surface area contributed by atoms with Gasteiger partial charge in [-0.15, -0.1) is 0 Å². The van der Waals surface area contributed by atoms with Gasteiger partial charge in [0.2, 0.25) is 11.8 Å². The Morgan fingerprint density at radius 3 is 2.28 bits per heavy atom. The molecule has 2 rings (SSSR count). The first-order valence-corrected chi connectivity index (χ1v) is 8.74. The van der Waals surface area contributed by atoms with Crippen molar-refractivity contribution in [3.8, 4) is 0 Å². The number of carbonyl (C=O) groups is 2. The molecular weight excluding hydrogens is 336 g/mol. The molecule has 2 aromatic carbocycles. The molecule has 0 aliphatic heterocycles. The summed E-state index contributed by atoms with van der Waals surface area (Å²) in [4.78, 5) is 26.4. The second-order valence-electron chi connectivity index (χ2n) is 5.88. The van der Waals surface area contributed by atoms with Crippen molar-refractivity contribution >= 4 is 23.4 Å². The second-order valence-corrected chi connectivity index (χ2v) is 6.32. The summed E-state index contributed by atoms with van der Waals surface area (Å²) in [7, 11) is 0. The molecule has 2 aromatic rings. The molecular formula is C20H23ClN2O2. The molecule has 4 nitrogen and oxygen atoms in total. The number of nitrogens with zero attached hydrogens (tertiary/aromatic N) is 1. The highest BCUT2D eigenvalue weighted by Gasteiger charge is 2.24. The lowest BCUT2D eigenvalue weighted by Gasteiger charge is -2.28. The maximum atomic E-state index is 12.5. The first-order valence-electron chi connectivity index (χ1n) is 8.36. The maximum absolute atomic E-state index is 12.5. The summed E-state index contributed by atoms with van der Waals surface area (Å²) in [5.41, 5.74) is 1.96. The van der Waals surface area contributed by atoms with Crippen LogP contribution in [0.25, 0.3) is 0 Å². The summed E-state index contributed by atoms with van der Waals surface area (Å²) in [6, 6.07) is 16.5. The van der Waals surface area contributed by atoms with Crippen LogP contribution >= 0.6 is 11.6 Å². The van der Waals surface area contributed by atoms with Gasteiger partial charge < -0.3 is 10.2 Å². The first kappa shape index (κ1) is 19.0. The predicted octanol–water partition coefficient (Wildman–Crippen LogP) is 3.78. The Bertz CT molecular complexity index is 701. The molecule has 2 amide bonds. The lowest BCUT2D eigenvalue weighted by atomic mass is 10.1. The van der Waals surface area contributed by atoms with Crippen molar-refractivity contribution in [1.82, 2.24) is 10.2 Å². The van der Waals surface area contributed by atoms with E-state index in [0.717, 1.165) is 11.1 Å². The Balaban J connectivity index is 2.01. The van der Waals surface area contributed by atoms with Crippen molar-refractivity contribution < 1.29 is 9.59 Å². The number of amides is 2. The highest BCUT2D eigenvalue weighted by molar-refractivity contribution is 6.30. The molecule has 132 valence electrons. The minimum Gasteiger partial charge on any atom is -0.350 e. The molecule has 0 saturated heterocycles. The van der Waals surface area contributed by atoms with Crippen molar-refractivity contribution in [2.45, 2.75) is 39.4 Å². The molecule has 1 atom stereocenters. The Hall–Kier alpha value is -2.33. The molecule has 0 aliphatic rings. The number of carbonyl (C=O) groups excluding carboxylic acids is 2. The summed E-state index contributed by atoms with van der Waals surface area (Å²) in [6.07, 6.45) is 0.363. The van der Waals surface area contributed by atoms with E-state index >= 15 is 0 Å². The number of nitrogens with one attached hydrogen (secondary N) is 1. The Labute approximate surface area is 153 Å². The van der Waals surface area contributed by atoms with Crippen LogP contribution in [0.2, 0.25) is 5.02 Å². The third-order valence-corrected chi connectivity index (χ3v) is 4.30. The monoisotopic (exact) mass is 358 g/mol. The van der Waals surface area contributed by atoms with Crippen LogP contribution in [-0.4, -0.2) is 22.8 Å². The summed E-state index contributed by atoms with van der Waals surface area (Å²) in [5, 5.41) is 3.55. The van der Waals surface area contributed by atoms with Gasteiger partial charge in [-0.1, -0.05) is 61.0 Å². The van der Waals surface area contributed by atoms with E-state index in [9.17, 15) is 9.59 Å². The van der Waals surface area contributed by atoms with Crippen LogP contribution in [0.5, 0.6) is 0 Å². The number of benzene rings is 2. The van der Waals surface area contributed by atoms with E-state index in [2.05, 4.69) is 5.32 Å². The summed E-state index contributed by atoms with van der Waals surface area (Å²) >= 11 is 5.86. The van der Waals surface area contributed by atoms with E-state index in [4.69, 9.17) is 11.6 Å². The minimum absolute atomic E-state index is 0.0435. The number of hydrogen-bond acceptors (Lipinski definition) is 2. The molecule has 0 radical (unpaired) electrons. The molecule has 0 bridgehead atoms. The zero-order chi connectivity index (χ0) is 18.2. The molecule has 0 heterocycles. The number of rotatable bonds is 7. The van der Waals surface area contributed by atoms with Crippen molar-refractivity contribution in [3.63, 3.8) is 0 Å². The highest BCUT2D eigenvalue weighted by atomic mass is 35.5. The summed E-state index contributed by atoms with van der Waals surface area (Å²) in [6.45, 7) is 4.38. The van der Waals surface area contributed by atoms with Crippen molar-refractivity contribution in [2.24, 2.45) is 0 Å². The zero-order valence-electron chi connectivity index (χ0n) is 14.5. The third-order valence-electron chi connectivity index (χ3n) is 4.05. The SMILES string of the molecule is CCC(=O)N(Cc1ccccc1)[C@H](C)C(=O)NCc1ccc(Cl)cc1. The van der Waals surface area contributed by atoms with Crippen LogP contribution in [0.3, 0.4) is 0 Å². The van der Waals surface area contributed by atoms with E-state index in [0.29, 0.717) is 24.5 Å². The normalized spacial score (nSPS) is 11.6. The smallest absolute Gasteiger partial charge is 0.242 e. The van der Waals surface area contributed by atoms with Crippen LogP contribution in [0.1, 0.15) is 31.4 Å². The molecule has 0 saturated carbocycles. The van der Waals surface area contributed by atoms with E-state index in [1.807, 2.05) is 42.5 Å². The molecule has 25 heavy (non-hydrogen) atoms. The topological polar surface area (TPSA) is 49.4 Å². The second kappa shape index (κ2) is 9.23. The van der Waals surface area contributed by atoms with E-state index in [-0.39, 0.29) is 11.8 Å². The molecule has 1 N–H and O–H groups in total. The largest absolute Gasteiger partial charge is 0.350 e. The van der Waals surface area contributed by atoms with Crippen LogP contribution in [-0.2, 0) is 22.7 Å². The van der Waals surface area contributed by atoms with Crippen LogP contribution < -0.4 is 5.32 Å². The molecule has 5 heteroatoms. The van der Waals surface area contributed by atoms with Gasteiger partial charge in [0.15, 0.2) is 0 Å². The van der Waals surface area contributed by atoms with Crippen molar-refractivity contribution in [3.05, 3.63) is 70.7 Å². The van der Waals surface area contributed by atoms with Crippen LogP contribution in [0.15, 0.2) is 54.6 Å². The lowest BCUT2D eigenvalue weighted by Crippen LogP contribution is -2.47. The van der Waals surface area contributed by atoms with Gasteiger partial charge in [-0.2, -0.15) is 0 Å². The van der Waals surface area contributed by atoms with E-state index in [1.54, 1.807) is 30.9 Å². The van der Waals surface area contributed by atoms with Crippen molar-refractivity contribution in [1.29, 1.82) is 0 Å². The fourth-order valence-corrected chi connectivity index (χ4v) is 2.63. The third kappa shape index (κ3) is 5.61. The molecule has 0 aliphatic carbocycles. The van der Waals surface area contributed by atoms with Gasteiger partial charge in [0, 0.05) is 24.5 Å². The number of hydrogen-bond donors (Lipinski definition) is 1. The van der Waals surface area contributed by atoms with E-state index < -0.39 is 6.04 Å². The van der Waals surface area contributed by atoms with Gasteiger partial charge in [0.25, 0.3) is 0 Å². The number of halogens is 1. The minimum atomic E-state index is -0.542. The average molecular weight is 359 g/mol. The fourth-order valence-electron chi connectivity index (χ4n) is 2.50. The average Bonchev–Trinajstić information content (AvgIpc) is 2.65. The first-order chi connectivity index (χ1) is 12.0. The summed E-state index contributed by atoms with van der Waals surface area (Å²) < 4.78 is 0. The fraction of sp³-hybridized carbons (Fsp3) is 0.300. The molecule has 0 fully saturated rings. The van der Waals surface area contributed by atoms with Gasteiger partial charge in [-0.05, 0) is 30.2 Å². The standard InChI is InChI=1S/C20H23ClN2O2/c1-3-19(24)23(14-17-7-5-4-6-8-17)15(2)20(25)22-13-16-9-11-18(21)12-10-16/h4-12,15H,3,13-14H2,1-2H3,(H,22,25)/t15-/m1/s1. The lowest BCUT2D eigenvalue weighted by molar-refractivity contribution is -0.140. The Kier molecular flexibility index (Phi) is 7.02. The van der Waals surface area contributed by atoms with Gasteiger partial charge in [-0.25, -0.2) is 0 Å². The van der Waals surface area contributed by atoms with Gasteiger partial charge in [-0.3, -0.25) is 9.59 Å². The van der Waals surface area contributed by atoms with Gasteiger partial charge in [0.1, 0.15) is 6.04 Å².